The van der Waals surface area contributed by atoms with Crippen LogP contribution in [-0.2, 0) is 0 Å². The SMILES string of the molecule is CC[C@@H](Nc1nc(Nc2ccc3onc(OC)c3c2)c(C(N)=O)cc1F)[C@H](C)N. The number of hydrogen-bond acceptors (Lipinski definition) is 8. The van der Waals surface area contributed by atoms with Crippen molar-refractivity contribution in [2.45, 2.75) is 32.4 Å². The number of nitrogens with zero attached hydrogens (tertiary/aromatic N) is 2. The maximum atomic E-state index is 14.5. The highest BCUT2D eigenvalue weighted by atomic mass is 19.1. The molecule has 6 N–H and O–H groups in total. The summed E-state index contributed by atoms with van der Waals surface area (Å²) in [5, 5.41) is 10.4. The topological polar surface area (TPSA) is 141 Å². The quantitative estimate of drug-likeness (QED) is 0.451. The fourth-order valence-electron chi connectivity index (χ4n) is 2.93. The molecule has 29 heavy (non-hydrogen) atoms. The van der Waals surface area contributed by atoms with Gasteiger partial charge in [0.1, 0.15) is 5.82 Å². The molecule has 2 heterocycles. The fourth-order valence-corrected chi connectivity index (χ4v) is 2.93. The minimum absolute atomic E-state index is 0.0229. The van der Waals surface area contributed by atoms with E-state index in [9.17, 15) is 9.18 Å². The van der Waals surface area contributed by atoms with Crippen LogP contribution in [0.1, 0.15) is 30.6 Å². The molecular weight excluding hydrogens is 379 g/mol. The number of carbonyl (C=O) groups is 1. The molecule has 0 unspecified atom stereocenters. The van der Waals surface area contributed by atoms with E-state index in [4.69, 9.17) is 20.7 Å². The molecule has 2 atom stereocenters. The van der Waals surface area contributed by atoms with Gasteiger partial charge in [-0.05, 0) is 42.8 Å². The molecule has 0 spiro atoms. The Morgan fingerprint density at radius 1 is 1.34 bits per heavy atom. The summed E-state index contributed by atoms with van der Waals surface area (Å²) in [6, 6.07) is 5.73. The lowest BCUT2D eigenvalue weighted by Gasteiger charge is -2.22. The average molecular weight is 402 g/mol. The summed E-state index contributed by atoms with van der Waals surface area (Å²) in [5.41, 5.74) is 12.3. The van der Waals surface area contributed by atoms with Gasteiger partial charge in [-0.3, -0.25) is 4.79 Å². The van der Waals surface area contributed by atoms with Gasteiger partial charge in [-0.1, -0.05) is 6.92 Å². The van der Waals surface area contributed by atoms with Crippen molar-refractivity contribution in [3.63, 3.8) is 0 Å². The number of pyridine rings is 1. The monoisotopic (exact) mass is 402 g/mol. The Balaban J connectivity index is 2.00. The molecule has 1 aromatic carbocycles. The normalized spacial score (nSPS) is 13.1. The Morgan fingerprint density at radius 3 is 2.72 bits per heavy atom. The largest absolute Gasteiger partial charge is 0.478 e. The number of aromatic nitrogens is 2. The van der Waals surface area contributed by atoms with Crippen LogP contribution in [0.5, 0.6) is 5.88 Å². The van der Waals surface area contributed by atoms with E-state index >= 15 is 0 Å². The van der Waals surface area contributed by atoms with E-state index in [0.717, 1.165) is 6.07 Å². The van der Waals surface area contributed by atoms with Gasteiger partial charge in [0, 0.05) is 17.8 Å². The highest BCUT2D eigenvalue weighted by molar-refractivity contribution is 5.99. The summed E-state index contributed by atoms with van der Waals surface area (Å²) in [7, 11) is 1.48. The Hall–Kier alpha value is -3.40. The van der Waals surface area contributed by atoms with Crippen LogP contribution >= 0.6 is 0 Å². The van der Waals surface area contributed by atoms with E-state index < -0.39 is 11.7 Å². The summed E-state index contributed by atoms with van der Waals surface area (Å²) in [4.78, 5) is 16.1. The Kier molecular flexibility index (Phi) is 5.83. The smallest absolute Gasteiger partial charge is 0.261 e. The van der Waals surface area contributed by atoms with Gasteiger partial charge in [-0.25, -0.2) is 9.37 Å². The molecule has 2 aromatic heterocycles. The van der Waals surface area contributed by atoms with Gasteiger partial charge < -0.3 is 31.4 Å². The summed E-state index contributed by atoms with van der Waals surface area (Å²) in [5.74, 6) is -1.11. The molecule has 3 rings (SSSR count). The second-order valence-electron chi connectivity index (χ2n) is 6.63. The second kappa shape index (κ2) is 8.31. The van der Waals surface area contributed by atoms with Gasteiger partial charge >= 0.3 is 0 Å². The molecule has 0 fully saturated rings. The fraction of sp³-hybridized carbons (Fsp3) is 0.316. The summed E-state index contributed by atoms with van der Waals surface area (Å²) < 4.78 is 24.8. The molecule has 10 heteroatoms. The van der Waals surface area contributed by atoms with E-state index in [1.54, 1.807) is 18.2 Å². The number of carbonyl (C=O) groups excluding carboxylic acids is 1. The van der Waals surface area contributed by atoms with Crippen molar-refractivity contribution >= 4 is 34.2 Å². The molecule has 0 bridgehead atoms. The van der Waals surface area contributed by atoms with Crippen molar-refractivity contribution in [3.8, 4) is 5.88 Å². The van der Waals surface area contributed by atoms with Crippen LogP contribution in [0.4, 0.5) is 21.7 Å². The van der Waals surface area contributed by atoms with Crippen LogP contribution < -0.4 is 26.8 Å². The van der Waals surface area contributed by atoms with Gasteiger partial charge in [-0.2, -0.15) is 0 Å². The number of methoxy groups -OCH3 is 1. The molecule has 0 aliphatic heterocycles. The number of fused-ring (bicyclic) bond motifs is 1. The zero-order valence-electron chi connectivity index (χ0n) is 16.3. The van der Waals surface area contributed by atoms with Crippen LogP contribution in [0.3, 0.4) is 0 Å². The number of hydrogen-bond donors (Lipinski definition) is 4. The average Bonchev–Trinajstić information content (AvgIpc) is 3.09. The van der Waals surface area contributed by atoms with E-state index in [0.29, 0.717) is 29.0 Å². The van der Waals surface area contributed by atoms with Crippen LogP contribution in [-0.4, -0.2) is 35.2 Å². The third-order valence-corrected chi connectivity index (χ3v) is 4.53. The van der Waals surface area contributed by atoms with Crippen molar-refractivity contribution < 1.29 is 18.4 Å². The Labute approximate surface area is 166 Å². The van der Waals surface area contributed by atoms with E-state index in [2.05, 4.69) is 20.8 Å². The third-order valence-electron chi connectivity index (χ3n) is 4.53. The second-order valence-corrected chi connectivity index (χ2v) is 6.63. The molecule has 0 saturated heterocycles. The lowest BCUT2D eigenvalue weighted by molar-refractivity contribution is 0.100. The molecule has 0 saturated carbocycles. The first-order valence-corrected chi connectivity index (χ1v) is 9.07. The van der Waals surface area contributed by atoms with Crippen LogP contribution in [0.15, 0.2) is 28.8 Å². The molecule has 0 aliphatic rings. The van der Waals surface area contributed by atoms with Crippen molar-refractivity contribution in [2.24, 2.45) is 11.5 Å². The Morgan fingerprint density at radius 2 is 2.10 bits per heavy atom. The lowest BCUT2D eigenvalue weighted by Crippen LogP contribution is -2.38. The Bertz CT molecular complexity index is 1040. The van der Waals surface area contributed by atoms with Crippen LogP contribution in [0, 0.1) is 5.82 Å². The number of benzene rings is 1. The van der Waals surface area contributed by atoms with Gasteiger partial charge in [0.2, 0.25) is 0 Å². The first-order chi connectivity index (χ1) is 13.8. The maximum Gasteiger partial charge on any atom is 0.261 e. The molecule has 0 aliphatic carbocycles. The van der Waals surface area contributed by atoms with Crippen LogP contribution in [0.2, 0.25) is 0 Å². The predicted octanol–water partition coefficient (Wildman–Crippen LogP) is 2.75. The highest BCUT2D eigenvalue weighted by Gasteiger charge is 2.20. The summed E-state index contributed by atoms with van der Waals surface area (Å²) in [6.07, 6.45) is 0.670. The van der Waals surface area contributed by atoms with Crippen LogP contribution in [0.25, 0.3) is 11.0 Å². The van der Waals surface area contributed by atoms with Crippen molar-refractivity contribution in [1.29, 1.82) is 0 Å². The standard InChI is InChI=1S/C19H23FN6O3/c1-4-14(9(2)21)24-18-13(20)8-12(16(22)27)17(25-18)23-10-5-6-15-11(7-10)19(28-3)26-29-15/h5-9,14H,4,21H2,1-3H3,(H2,22,27)(H2,23,24,25)/t9-,14+/m0/s1. The number of nitrogens with one attached hydrogen (secondary N) is 2. The number of rotatable bonds is 8. The van der Waals surface area contributed by atoms with Gasteiger partial charge in [-0.15, -0.1) is 0 Å². The number of anilines is 3. The molecular formula is C19H23FN6O3. The first-order valence-electron chi connectivity index (χ1n) is 9.07. The lowest BCUT2D eigenvalue weighted by atomic mass is 10.1. The summed E-state index contributed by atoms with van der Waals surface area (Å²) in [6.45, 7) is 3.75. The van der Waals surface area contributed by atoms with Crippen molar-refractivity contribution in [2.75, 3.05) is 17.7 Å². The van der Waals surface area contributed by atoms with Gasteiger partial charge in [0.05, 0.1) is 18.1 Å². The number of primary amides is 1. The van der Waals surface area contributed by atoms with Gasteiger partial charge in [0.25, 0.3) is 11.8 Å². The first kappa shape index (κ1) is 20.3. The van der Waals surface area contributed by atoms with E-state index in [-0.39, 0.29) is 29.3 Å². The number of nitrogens with two attached hydrogens (primary N) is 2. The third kappa shape index (κ3) is 4.21. The predicted molar refractivity (Wildman–Crippen MR) is 108 cm³/mol. The molecule has 9 nitrogen and oxygen atoms in total. The minimum Gasteiger partial charge on any atom is -0.478 e. The molecule has 0 radical (unpaired) electrons. The molecule has 154 valence electrons. The van der Waals surface area contributed by atoms with Crippen molar-refractivity contribution in [3.05, 3.63) is 35.6 Å². The zero-order valence-corrected chi connectivity index (χ0v) is 16.3. The highest BCUT2D eigenvalue weighted by Crippen LogP contribution is 2.30. The molecule has 1 amide bonds. The van der Waals surface area contributed by atoms with E-state index in [1.807, 2.05) is 13.8 Å². The number of amides is 1. The minimum atomic E-state index is -0.812. The summed E-state index contributed by atoms with van der Waals surface area (Å²) >= 11 is 0. The van der Waals surface area contributed by atoms with Gasteiger partial charge in [0.15, 0.2) is 17.2 Å². The number of halogens is 1. The van der Waals surface area contributed by atoms with Crippen molar-refractivity contribution in [1.82, 2.24) is 10.1 Å². The van der Waals surface area contributed by atoms with E-state index in [1.165, 1.54) is 7.11 Å². The molecule has 3 aromatic rings. The zero-order chi connectivity index (χ0) is 21.1. The maximum absolute atomic E-state index is 14.5. The number of ether oxygens (including phenoxy) is 1.